The van der Waals surface area contributed by atoms with E-state index < -0.39 is 5.60 Å². The molecule has 1 saturated heterocycles. The van der Waals surface area contributed by atoms with Crippen LogP contribution in [-0.4, -0.2) is 70.7 Å². The Morgan fingerprint density at radius 3 is 2.28 bits per heavy atom. The molecular formula is C23H32N4O2. The van der Waals surface area contributed by atoms with Gasteiger partial charge in [0.05, 0.1) is 23.8 Å². The lowest BCUT2D eigenvalue weighted by atomic mass is 9.67. The van der Waals surface area contributed by atoms with Crippen molar-refractivity contribution in [1.29, 1.82) is 5.26 Å². The summed E-state index contributed by atoms with van der Waals surface area (Å²) in [5, 5.41) is 20.0. The lowest BCUT2D eigenvalue weighted by Gasteiger charge is -2.52. The molecule has 1 spiro atoms. The van der Waals surface area contributed by atoms with E-state index in [4.69, 9.17) is 0 Å². The lowest BCUT2D eigenvalue weighted by molar-refractivity contribution is -0.0725. The highest BCUT2D eigenvalue weighted by Crippen LogP contribution is 2.49. The van der Waals surface area contributed by atoms with Gasteiger partial charge in [-0.25, -0.2) is 4.79 Å². The van der Waals surface area contributed by atoms with Gasteiger partial charge in [0.2, 0.25) is 0 Å². The normalized spacial score (nSPS) is 31.2. The first-order valence-electron chi connectivity index (χ1n) is 10.7. The zero-order chi connectivity index (χ0) is 20.7. The van der Waals surface area contributed by atoms with Crippen molar-refractivity contribution in [2.45, 2.75) is 61.6 Å². The number of rotatable bonds is 5. The van der Waals surface area contributed by atoms with Crippen LogP contribution in [0.25, 0.3) is 0 Å². The highest BCUT2D eigenvalue weighted by molar-refractivity contribution is 5.78. The molecule has 6 heteroatoms. The van der Waals surface area contributed by atoms with E-state index in [9.17, 15) is 15.2 Å². The van der Waals surface area contributed by atoms with Crippen molar-refractivity contribution in [1.82, 2.24) is 14.7 Å². The molecule has 1 aromatic rings. The summed E-state index contributed by atoms with van der Waals surface area (Å²) in [5.41, 5.74) is 0.244. The molecule has 4 rings (SSSR count). The van der Waals surface area contributed by atoms with Crippen LogP contribution in [0, 0.1) is 11.3 Å². The molecule has 1 N–H and O–H groups in total. The Bertz CT molecular complexity index is 789. The molecule has 6 nitrogen and oxygen atoms in total. The number of amides is 2. The molecule has 1 aliphatic heterocycles. The summed E-state index contributed by atoms with van der Waals surface area (Å²) in [4.78, 5) is 19.1. The van der Waals surface area contributed by atoms with Crippen molar-refractivity contribution >= 4 is 6.03 Å². The molecule has 0 unspecified atom stereocenters. The van der Waals surface area contributed by atoms with Gasteiger partial charge in [-0.15, -0.1) is 0 Å². The molecule has 0 aromatic heterocycles. The van der Waals surface area contributed by atoms with Crippen molar-refractivity contribution in [2.75, 3.05) is 33.7 Å². The second-order valence-corrected chi connectivity index (χ2v) is 9.48. The van der Waals surface area contributed by atoms with Gasteiger partial charge in [0.1, 0.15) is 6.54 Å². The minimum absolute atomic E-state index is 0.0444. The summed E-state index contributed by atoms with van der Waals surface area (Å²) in [6.45, 7) is 1.11. The second-order valence-electron chi connectivity index (χ2n) is 9.48. The fraction of sp³-hybridized carbons (Fsp3) is 0.652. The number of benzene rings is 1. The van der Waals surface area contributed by atoms with Gasteiger partial charge < -0.3 is 14.9 Å². The first kappa shape index (κ1) is 20.2. The Morgan fingerprint density at radius 1 is 1.10 bits per heavy atom. The minimum Gasteiger partial charge on any atom is -0.388 e. The van der Waals surface area contributed by atoms with Gasteiger partial charge in [0.15, 0.2) is 0 Å². The molecule has 2 saturated carbocycles. The second kappa shape index (κ2) is 7.30. The average Bonchev–Trinajstić information content (AvgIpc) is 2.94. The molecule has 2 aliphatic carbocycles. The van der Waals surface area contributed by atoms with E-state index in [1.165, 1.54) is 5.56 Å². The topological polar surface area (TPSA) is 70.8 Å². The Kier molecular flexibility index (Phi) is 5.08. The van der Waals surface area contributed by atoms with Crippen molar-refractivity contribution < 1.29 is 9.90 Å². The predicted molar refractivity (Wildman–Crippen MR) is 111 cm³/mol. The van der Waals surface area contributed by atoms with Crippen LogP contribution in [0.15, 0.2) is 30.3 Å². The van der Waals surface area contributed by atoms with E-state index in [0.717, 1.165) is 44.9 Å². The summed E-state index contributed by atoms with van der Waals surface area (Å²) in [7, 11) is 4.28. The van der Waals surface area contributed by atoms with Crippen LogP contribution in [0.4, 0.5) is 4.79 Å². The molecule has 0 bridgehead atoms. The van der Waals surface area contributed by atoms with E-state index in [-0.39, 0.29) is 23.7 Å². The first-order chi connectivity index (χ1) is 13.8. The maximum absolute atomic E-state index is 13.1. The summed E-state index contributed by atoms with van der Waals surface area (Å²) in [6.07, 6.45) is 6.20. The van der Waals surface area contributed by atoms with Crippen LogP contribution >= 0.6 is 0 Å². The summed E-state index contributed by atoms with van der Waals surface area (Å²) in [5.74, 6) is 0. The van der Waals surface area contributed by atoms with Gasteiger partial charge in [-0.2, -0.15) is 5.26 Å². The molecule has 1 heterocycles. The van der Waals surface area contributed by atoms with E-state index >= 15 is 0 Å². The van der Waals surface area contributed by atoms with Gasteiger partial charge >= 0.3 is 6.03 Å². The Labute approximate surface area is 173 Å². The zero-order valence-electron chi connectivity index (χ0n) is 17.6. The molecular weight excluding hydrogens is 364 g/mol. The molecule has 3 fully saturated rings. The van der Waals surface area contributed by atoms with Gasteiger partial charge in [0.25, 0.3) is 0 Å². The fourth-order valence-electron chi connectivity index (χ4n) is 5.66. The lowest BCUT2D eigenvalue weighted by Crippen LogP contribution is -2.59. The largest absolute Gasteiger partial charge is 0.388 e. The Balaban J connectivity index is 1.61. The third-order valence-electron chi connectivity index (χ3n) is 7.73. The number of β-amino-alcohol motifs (C(OH)–C–C–N with tert-alkyl or cyclic N) is 1. The summed E-state index contributed by atoms with van der Waals surface area (Å²) < 4.78 is 0. The first-order valence-corrected chi connectivity index (χ1v) is 10.7. The highest BCUT2D eigenvalue weighted by atomic mass is 16.3. The monoisotopic (exact) mass is 396 g/mol. The summed E-state index contributed by atoms with van der Waals surface area (Å²) in [6, 6.07) is 12.7. The number of urea groups is 1. The fourth-order valence-corrected chi connectivity index (χ4v) is 5.66. The van der Waals surface area contributed by atoms with E-state index in [0.29, 0.717) is 13.1 Å². The van der Waals surface area contributed by atoms with Crippen LogP contribution < -0.4 is 0 Å². The highest BCUT2D eigenvalue weighted by Gasteiger charge is 2.56. The van der Waals surface area contributed by atoms with E-state index in [1.807, 2.05) is 11.0 Å². The maximum atomic E-state index is 13.1. The van der Waals surface area contributed by atoms with Crippen molar-refractivity contribution in [3.63, 3.8) is 0 Å². The third-order valence-corrected chi connectivity index (χ3v) is 7.73. The van der Waals surface area contributed by atoms with Crippen LogP contribution in [0.5, 0.6) is 0 Å². The number of hydrogen-bond donors (Lipinski definition) is 1. The number of carbonyl (C=O) groups excluding carboxylic acids is 1. The summed E-state index contributed by atoms with van der Waals surface area (Å²) >= 11 is 0. The number of hydrogen-bond acceptors (Lipinski definition) is 4. The van der Waals surface area contributed by atoms with Crippen LogP contribution in [0.1, 0.15) is 50.5 Å². The molecule has 3 aliphatic rings. The standard InChI is InChI=1S/C23H32N4O2/c1-25(2)23(19-7-4-3-5-8-19)13-11-21(12-14-23)17-26(16-15-24)20(28)27(21)18-22(29)9-6-10-22/h3-5,7-8,29H,6,9-14,16-18H2,1-2H3. The number of carbonyl (C=O) groups is 1. The van der Waals surface area contributed by atoms with Crippen LogP contribution in [-0.2, 0) is 5.54 Å². The zero-order valence-corrected chi connectivity index (χ0v) is 17.6. The van der Waals surface area contributed by atoms with Gasteiger partial charge in [-0.1, -0.05) is 30.3 Å². The maximum Gasteiger partial charge on any atom is 0.321 e. The molecule has 2 amide bonds. The average molecular weight is 397 g/mol. The number of nitriles is 1. The number of nitrogens with zero attached hydrogens (tertiary/aromatic N) is 4. The van der Waals surface area contributed by atoms with Crippen LogP contribution in [0.2, 0.25) is 0 Å². The molecule has 29 heavy (non-hydrogen) atoms. The molecule has 0 atom stereocenters. The van der Waals surface area contributed by atoms with Crippen LogP contribution in [0.3, 0.4) is 0 Å². The smallest absolute Gasteiger partial charge is 0.321 e. The Hall–Kier alpha value is -2.10. The number of aliphatic hydroxyl groups is 1. The van der Waals surface area contributed by atoms with Gasteiger partial charge in [-0.3, -0.25) is 4.90 Å². The minimum atomic E-state index is -0.749. The predicted octanol–water partition coefficient (Wildman–Crippen LogP) is 2.93. The third kappa shape index (κ3) is 3.31. The van der Waals surface area contributed by atoms with Crippen molar-refractivity contribution in [2.24, 2.45) is 0 Å². The molecule has 0 radical (unpaired) electrons. The quantitative estimate of drug-likeness (QED) is 0.777. The van der Waals surface area contributed by atoms with E-state index in [2.05, 4.69) is 49.3 Å². The van der Waals surface area contributed by atoms with E-state index in [1.54, 1.807) is 4.90 Å². The van der Waals surface area contributed by atoms with Crippen molar-refractivity contribution in [3.8, 4) is 6.07 Å². The Morgan fingerprint density at radius 2 is 1.76 bits per heavy atom. The van der Waals surface area contributed by atoms with Gasteiger partial charge in [-0.05, 0) is 64.6 Å². The molecule has 1 aromatic carbocycles. The van der Waals surface area contributed by atoms with Gasteiger partial charge in [0, 0.05) is 12.1 Å². The SMILES string of the molecule is CN(C)C1(c2ccccc2)CCC2(CC1)CN(CC#N)C(=O)N2CC1(O)CCC1. The van der Waals surface area contributed by atoms with Crippen molar-refractivity contribution in [3.05, 3.63) is 35.9 Å². The molecule has 156 valence electrons.